The van der Waals surface area contributed by atoms with E-state index in [1.54, 1.807) is 0 Å². The van der Waals surface area contributed by atoms with Crippen LogP contribution in [0.1, 0.15) is 25.0 Å². The first-order valence-electron chi connectivity index (χ1n) is 7.57. The van der Waals surface area contributed by atoms with E-state index in [1.165, 1.54) is 11.1 Å². The monoisotopic (exact) mass is 307 g/mol. The Morgan fingerprint density at radius 3 is 2.43 bits per heavy atom. The maximum atomic E-state index is 5.63. The van der Waals surface area contributed by atoms with E-state index in [9.17, 15) is 0 Å². The summed E-state index contributed by atoms with van der Waals surface area (Å²) >= 11 is 5.63. The van der Waals surface area contributed by atoms with Gasteiger partial charge in [-0.05, 0) is 63.3 Å². The van der Waals surface area contributed by atoms with E-state index in [0.717, 1.165) is 30.4 Å². The number of likely N-dealkylation sites (N-methyl/N-ethyl adjacent to an activating group) is 1. The lowest BCUT2D eigenvalue weighted by Crippen LogP contribution is -2.41. The summed E-state index contributed by atoms with van der Waals surface area (Å²) in [5, 5.41) is 4.24. The van der Waals surface area contributed by atoms with Crippen LogP contribution in [-0.2, 0) is 0 Å². The number of anilines is 1. The number of aryl methyl sites for hydroxylation is 2. The molecule has 0 radical (unpaired) electrons. The van der Waals surface area contributed by atoms with E-state index in [0.29, 0.717) is 5.92 Å². The zero-order valence-electron chi connectivity index (χ0n) is 14.2. The van der Waals surface area contributed by atoms with Crippen molar-refractivity contribution in [2.75, 3.05) is 39.0 Å². The fourth-order valence-electron chi connectivity index (χ4n) is 2.10. The van der Waals surface area contributed by atoms with Crippen molar-refractivity contribution in [1.29, 1.82) is 0 Å². The van der Waals surface area contributed by atoms with Crippen LogP contribution < -0.4 is 5.32 Å². The Morgan fingerprint density at radius 1 is 1.19 bits per heavy atom. The predicted molar refractivity (Wildman–Crippen MR) is 97.1 cm³/mol. The molecule has 21 heavy (non-hydrogen) atoms. The number of nitrogens with zero attached hydrogens (tertiary/aromatic N) is 2. The van der Waals surface area contributed by atoms with Gasteiger partial charge in [0.25, 0.3) is 0 Å². The lowest BCUT2D eigenvalue weighted by molar-refractivity contribution is 0.310. The van der Waals surface area contributed by atoms with Gasteiger partial charge >= 0.3 is 0 Å². The molecule has 4 heteroatoms. The lowest BCUT2D eigenvalue weighted by atomic mass is 10.1. The summed E-state index contributed by atoms with van der Waals surface area (Å²) in [6.07, 6.45) is 0. The summed E-state index contributed by atoms with van der Waals surface area (Å²) < 4.78 is 0. The number of benzene rings is 1. The van der Waals surface area contributed by atoms with E-state index >= 15 is 0 Å². The molecule has 3 nitrogen and oxygen atoms in total. The van der Waals surface area contributed by atoms with Crippen LogP contribution >= 0.6 is 12.2 Å². The molecule has 0 aromatic heterocycles. The Labute approximate surface area is 135 Å². The Hall–Kier alpha value is -1.13. The fraction of sp³-hybridized carbons (Fsp3) is 0.588. The standard InChI is InChI=1S/C17H29N3S/c1-13(2)12-20(10-9-19(5)6)17(21)18-16-11-14(3)7-8-15(16)4/h7-8,11,13H,9-10,12H2,1-6H3,(H,18,21). The van der Waals surface area contributed by atoms with Crippen molar-refractivity contribution in [2.45, 2.75) is 27.7 Å². The van der Waals surface area contributed by atoms with Crippen molar-refractivity contribution in [2.24, 2.45) is 5.92 Å². The third kappa shape index (κ3) is 6.44. The van der Waals surface area contributed by atoms with Crippen LogP contribution in [0.2, 0.25) is 0 Å². The second-order valence-electron chi connectivity index (χ2n) is 6.39. The summed E-state index contributed by atoms with van der Waals surface area (Å²) in [4.78, 5) is 4.45. The highest BCUT2D eigenvalue weighted by molar-refractivity contribution is 7.80. The number of nitrogens with one attached hydrogen (secondary N) is 1. The summed E-state index contributed by atoms with van der Waals surface area (Å²) in [5.41, 5.74) is 3.58. The zero-order chi connectivity index (χ0) is 16.0. The molecule has 1 aromatic carbocycles. The van der Waals surface area contributed by atoms with Crippen molar-refractivity contribution in [1.82, 2.24) is 9.80 Å². The Bertz CT molecular complexity index is 469. The maximum absolute atomic E-state index is 5.63. The highest BCUT2D eigenvalue weighted by Crippen LogP contribution is 2.17. The van der Waals surface area contributed by atoms with Gasteiger partial charge in [0.05, 0.1) is 0 Å². The van der Waals surface area contributed by atoms with Crippen molar-refractivity contribution in [3.05, 3.63) is 29.3 Å². The second kappa shape index (κ2) is 8.35. The number of hydrogen-bond acceptors (Lipinski definition) is 2. The fourth-order valence-corrected chi connectivity index (χ4v) is 2.38. The molecule has 0 saturated heterocycles. The van der Waals surface area contributed by atoms with Crippen LogP contribution in [0.15, 0.2) is 18.2 Å². The van der Waals surface area contributed by atoms with Gasteiger partial charge in [-0.2, -0.15) is 0 Å². The smallest absolute Gasteiger partial charge is 0.173 e. The molecule has 0 aliphatic carbocycles. The molecule has 0 saturated carbocycles. The number of rotatable bonds is 6. The lowest BCUT2D eigenvalue weighted by Gasteiger charge is -2.29. The molecule has 1 N–H and O–H groups in total. The SMILES string of the molecule is Cc1ccc(C)c(NC(=S)N(CCN(C)C)CC(C)C)c1. The Kier molecular flexibility index (Phi) is 7.12. The molecule has 1 rings (SSSR count). The molecule has 0 spiro atoms. The van der Waals surface area contributed by atoms with E-state index in [1.807, 2.05) is 0 Å². The first-order valence-corrected chi connectivity index (χ1v) is 7.98. The predicted octanol–water partition coefficient (Wildman–Crippen LogP) is 3.52. The van der Waals surface area contributed by atoms with Crippen LogP contribution in [0, 0.1) is 19.8 Å². The molecular weight excluding hydrogens is 278 g/mol. The van der Waals surface area contributed by atoms with Gasteiger partial charge in [0, 0.05) is 25.3 Å². The van der Waals surface area contributed by atoms with Gasteiger partial charge in [0.1, 0.15) is 0 Å². The molecule has 0 unspecified atom stereocenters. The molecule has 0 heterocycles. The molecular formula is C17H29N3S. The van der Waals surface area contributed by atoms with Crippen LogP contribution in [0.3, 0.4) is 0 Å². The van der Waals surface area contributed by atoms with E-state index < -0.39 is 0 Å². The summed E-state index contributed by atoms with van der Waals surface area (Å²) in [6.45, 7) is 11.6. The molecule has 0 fully saturated rings. The highest BCUT2D eigenvalue weighted by Gasteiger charge is 2.12. The summed E-state index contributed by atoms with van der Waals surface area (Å²) in [7, 11) is 4.18. The largest absolute Gasteiger partial charge is 0.347 e. The Morgan fingerprint density at radius 2 is 1.86 bits per heavy atom. The second-order valence-corrected chi connectivity index (χ2v) is 6.78. The minimum atomic E-state index is 0.588. The molecule has 0 aliphatic heterocycles. The number of thiocarbonyl (C=S) groups is 1. The van der Waals surface area contributed by atoms with Crippen molar-refractivity contribution >= 4 is 23.0 Å². The van der Waals surface area contributed by atoms with Crippen LogP contribution in [0.4, 0.5) is 5.69 Å². The van der Waals surface area contributed by atoms with Crippen LogP contribution in [-0.4, -0.2) is 48.6 Å². The average molecular weight is 308 g/mol. The first kappa shape index (κ1) is 17.9. The topological polar surface area (TPSA) is 18.5 Å². The minimum Gasteiger partial charge on any atom is -0.347 e. The van der Waals surface area contributed by atoms with E-state index in [4.69, 9.17) is 12.2 Å². The molecule has 0 atom stereocenters. The summed E-state index contributed by atoms with van der Waals surface area (Å²) in [6, 6.07) is 6.41. The normalized spacial score (nSPS) is 11.0. The zero-order valence-corrected chi connectivity index (χ0v) is 15.0. The molecule has 0 bridgehead atoms. The third-order valence-electron chi connectivity index (χ3n) is 3.32. The van der Waals surface area contributed by atoms with Gasteiger partial charge in [-0.15, -0.1) is 0 Å². The Balaban J connectivity index is 2.77. The molecule has 1 aromatic rings. The van der Waals surface area contributed by atoms with Gasteiger partial charge in [-0.1, -0.05) is 26.0 Å². The van der Waals surface area contributed by atoms with Gasteiger partial charge in [0.2, 0.25) is 0 Å². The van der Waals surface area contributed by atoms with Crippen LogP contribution in [0.25, 0.3) is 0 Å². The van der Waals surface area contributed by atoms with E-state index in [-0.39, 0.29) is 0 Å². The van der Waals surface area contributed by atoms with Crippen molar-refractivity contribution < 1.29 is 0 Å². The van der Waals surface area contributed by atoms with Gasteiger partial charge in [0.15, 0.2) is 5.11 Å². The summed E-state index contributed by atoms with van der Waals surface area (Å²) in [5.74, 6) is 0.588. The molecule has 0 aliphatic rings. The third-order valence-corrected chi connectivity index (χ3v) is 3.68. The molecule has 118 valence electrons. The van der Waals surface area contributed by atoms with Gasteiger partial charge < -0.3 is 15.1 Å². The van der Waals surface area contributed by atoms with Crippen molar-refractivity contribution in [3.8, 4) is 0 Å². The minimum absolute atomic E-state index is 0.588. The first-order chi connectivity index (χ1) is 9.79. The maximum Gasteiger partial charge on any atom is 0.173 e. The number of hydrogen-bond donors (Lipinski definition) is 1. The van der Waals surface area contributed by atoms with Gasteiger partial charge in [-0.3, -0.25) is 0 Å². The van der Waals surface area contributed by atoms with E-state index in [2.05, 4.69) is 75.1 Å². The van der Waals surface area contributed by atoms with Crippen LogP contribution in [0.5, 0.6) is 0 Å². The average Bonchev–Trinajstić information content (AvgIpc) is 2.38. The molecule has 0 amide bonds. The quantitative estimate of drug-likeness (QED) is 0.810. The highest BCUT2D eigenvalue weighted by atomic mass is 32.1. The van der Waals surface area contributed by atoms with Crippen molar-refractivity contribution in [3.63, 3.8) is 0 Å². The van der Waals surface area contributed by atoms with Gasteiger partial charge in [-0.25, -0.2) is 0 Å².